The fraction of sp³-hybridized carbons (Fsp3) is 1.00. The lowest BCUT2D eigenvalue weighted by molar-refractivity contribution is 0.242. The molecule has 2 bridgehead atoms. The summed E-state index contributed by atoms with van der Waals surface area (Å²) in [4.78, 5) is 0. The fourth-order valence-corrected chi connectivity index (χ4v) is 1.77. The Bertz CT molecular complexity index is 103. The van der Waals surface area contributed by atoms with E-state index < -0.39 is 6.17 Å². The largest absolute Gasteiger partial charge is 0.313 e. The average molecular weight is 115 g/mol. The van der Waals surface area contributed by atoms with Crippen LogP contribution in [-0.2, 0) is 0 Å². The summed E-state index contributed by atoms with van der Waals surface area (Å²) < 4.78 is 12.6. The average Bonchev–Trinajstić information content (AvgIpc) is 2.23. The SMILES string of the molecule is FC1C[C@@H]2C[C@H]1CN2. The van der Waals surface area contributed by atoms with Crippen LogP contribution < -0.4 is 5.32 Å². The highest BCUT2D eigenvalue weighted by Crippen LogP contribution is 2.32. The first kappa shape index (κ1) is 4.74. The lowest BCUT2D eigenvalue weighted by atomic mass is 10.1. The summed E-state index contributed by atoms with van der Waals surface area (Å²) >= 11 is 0. The molecule has 0 amide bonds. The van der Waals surface area contributed by atoms with E-state index in [4.69, 9.17) is 0 Å². The van der Waals surface area contributed by atoms with E-state index in [1.807, 2.05) is 0 Å². The van der Waals surface area contributed by atoms with Crippen LogP contribution in [0.2, 0.25) is 0 Å². The van der Waals surface area contributed by atoms with E-state index in [0.717, 1.165) is 19.4 Å². The molecule has 1 N–H and O–H groups in total. The molecule has 0 radical (unpaired) electrons. The normalized spacial score (nSPS) is 52.9. The zero-order valence-corrected chi connectivity index (χ0v) is 4.73. The second kappa shape index (κ2) is 1.44. The van der Waals surface area contributed by atoms with E-state index >= 15 is 0 Å². The van der Waals surface area contributed by atoms with Gasteiger partial charge in [0.05, 0.1) is 0 Å². The smallest absolute Gasteiger partial charge is 0.106 e. The maximum absolute atomic E-state index is 12.6. The van der Waals surface area contributed by atoms with Crippen LogP contribution in [0.3, 0.4) is 0 Å². The Balaban J connectivity index is 2.11. The second-order valence-electron chi connectivity index (χ2n) is 2.85. The van der Waals surface area contributed by atoms with Crippen molar-refractivity contribution in [3.05, 3.63) is 0 Å². The van der Waals surface area contributed by atoms with Gasteiger partial charge >= 0.3 is 0 Å². The van der Waals surface area contributed by atoms with Crippen molar-refractivity contribution in [2.75, 3.05) is 6.54 Å². The molecule has 1 nitrogen and oxygen atoms in total. The minimum atomic E-state index is -0.485. The van der Waals surface area contributed by atoms with Crippen molar-refractivity contribution in [2.45, 2.75) is 25.1 Å². The summed E-state index contributed by atoms with van der Waals surface area (Å²) in [6.07, 6.45) is 1.37. The van der Waals surface area contributed by atoms with Crippen LogP contribution in [0.4, 0.5) is 4.39 Å². The van der Waals surface area contributed by atoms with Gasteiger partial charge in [0, 0.05) is 18.5 Å². The zero-order valence-electron chi connectivity index (χ0n) is 4.73. The molecule has 1 unspecified atom stereocenters. The minimum absolute atomic E-state index is 0.361. The number of alkyl halides is 1. The maximum Gasteiger partial charge on any atom is 0.106 e. The van der Waals surface area contributed by atoms with Crippen molar-refractivity contribution in [3.8, 4) is 0 Å². The van der Waals surface area contributed by atoms with E-state index in [1.54, 1.807) is 0 Å². The number of piperidine rings is 1. The van der Waals surface area contributed by atoms with Crippen molar-refractivity contribution in [3.63, 3.8) is 0 Å². The summed E-state index contributed by atoms with van der Waals surface area (Å²) in [5.74, 6) is 0.361. The van der Waals surface area contributed by atoms with Crippen LogP contribution in [0.15, 0.2) is 0 Å². The van der Waals surface area contributed by atoms with Gasteiger partial charge < -0.3 is 5.32 Å². The third-order valence-corrected chi connectivity index (χ3v) is 2.28. The summed E-state index contributed by atoms with van der Waals surface area (Å²) in [7, 11) is 0. The molecule has 2 aliphatic rings. The molecular formula is C6H10FN. The monoisotopic (exact) mass is 115 g/mol. The maximum atomic E-state index is 12.6. The van der Waals surface area contributed by atoms with Crippen molar-refractivity contribution in [1.29, 1.82) is 0 Å². The number of halogens is 1. The van der Waals surface area contributed by atoms with Gasteiger partial charge in [0.15, 0.2) is 0 Å². The van der Waals surface area contributed by atoms with Gasteiger partial charge in [0.1, 0.15) is 6.17 Å². The van der Waals surface area contributed by atoms with Crippen LogP contribution >= 0.6 is 0 Å². The van der Waals surface area contributed by atoms with Gasteiger partial charge in [-0.25, -0.2) is 4.39 Å². The third-order valence-electron chi connectivity index (χ3n) is 2.28. The van der Waals surface area contributed by atoms with Crippen LogP contribution in [0.25, 0.3) is 0 Å². The third kappa shape index (κ3) is 0.494. The lowest BCUT2D eigenvalue weighted by Gasteiger charge is -2.13. The van der Waals surface area contributed by atoms with Gasteiger partial charge in [0.2, 0.25) is 0 Å². The van der Waals surface area contributed by atoms with Crippen molar-refractivity contribution in [2.24, 2.45) is 5.92 Å². The van der Waals surface area contributed by atoms with Crippen molar-refractivity contribution >= 4 is 0 Å². The first-order valence-corrected chi connectivity index (χ1v) is 3.24. The van der Waals surface area contributed by atoms with E-state index in [0.29, 0.717) is 12.0 Å². The quantitative estimate of drug-likeness (QED) is 0.490. The highest BCUT2D eigenvalue weighted by molar-refractivity contribution is 4.95. The molecule has 1 heterocycles. The molecule has 3 atom stereocenters. The van der Waals surface area contributed by atoms with Gasteiger partial charge in [-0.1, -0.05) is 0 Å². The van der Waals surface area contributed by atoms with Crippen LogP contribution in [0.1, 0.15) is 12.8 Å². The van der Waals surface area contributed by atoms with Gasteiger partial charge in [-0.05, 0) is 12.8 Å². The van der Waals surface area contributed by atoms with Crippen LogP contribution in [0.5, 0.6) is 0 Å². The summed E-state index contributed by atoms with van der Waals surface area (Å²) in [6, 6.07) is 0.523. The Hall–Kier alpha value is -0.110. The molecule has 2 rings (SSSR count). The van der Waals surface area contributed by atoms with Crippen LogP contribution in [0, 0.1) is 5.92 Å². The molecule has 0 aromatic heterocycles. The van der Waals surface area contributed by atoms with Gasteiger partial charge in [-0.3, -0.25) is 0 Å². The predicted molar refractivity (Wildman–Crippen MR) is 29.4 cm³/mol. The van der Waals surface area contributed by atoms with E-state index in [1.165, 1.54) is 0 Å². The Labute approximate surface area is 48.3 Å². The van der Waals surface area contributed by atoms with Crippen LogP contribution in [-0.4, -0.2) is 18.8 Å². The molecule has 0 spiro atoms. The number of rotatable bonds is 0. The summed E-state index contributed by atoms with van der Waals surface area (Å²) in [5, 5.41) is 3.25. The minimum Gasteiger partial charge on any atom is -0.313 e. The predicted octanol–water partition coefficient (Wildman–Crippen LogP) is 0.706. The summed E-state index contributed by atoms with van der Waals surface area (Å²) in [6.45, 7) is 0.922. The Kier molecular flexibility index (Phi) is 0.852. The first-order chi connectivity index (χ1) is 3.86. The Morgan fingerprint density at radius 1 is 1.38 bits per heavy atom. The number of hydrogen-bond donors (Lipinski definition) is 1. The molecular weight excluding hydrogens is 105 g/mol. The molecule has 1 saturated carbocycles. The molecule has 46 valence electrons. The highest BCUT2D eigenvalue weighted by Gasteiger charge is 2.39. The second-order valence-corrected chi connectivity index (χ2v) is 2.85. The molecule has 0 aromatic carbocycles. The number of nitrogens with one attached hydrogen (secondary N) is 1. The van der Waals surface area contributed by atoms with E-state index in [9.17, 15) is 4.39 Å². The molecule has 2 fully saturated rings. The van der Waals surface area contributed by atoms with Gasteiger partial charge in [-0.2, -0.15) is 0 Å². The van der Waals surface area contributed by atoms with Crippen molar-refractivity contribution < 1.29 is 4.39 Å². The van der Waals surface area contributed by atoms with Crippen molar-refractivity contribution in [1.82, 2.24) is 5.32 Å². The lowest BCUT2D eigenvalue weighted by Crippen LogP contribution is -2.30. The Morgan fingerprint density at radius 3 is 2.50 bits per heavy atom. The van der Waals surface area contributed by atoms with E-state index in [-0.39, 0.29) is 0 Å². The zero-order chi connectivity index (χ0) is 5.56. The standard InChI is InChI=1S/C6H10FN/c7-6-2-5-1-4(6)3-8-5/h4-6,8H,1-3H2/t4-,5-,6?/m0/s1. The highest BCUT2D eigenvalue weighted by atomic mass is 19.1. The fourth-order valence-electron chi connectivity index (χ4n) is 1.77. The van der Waals surface area contributed by atoms with E-state index in [2.05, 4.69) is 5.32 Å². The molecule has 1 saturated heterocycles. The van der Waals surface area contributed by atoms with Gasteiger partial charge in [0.25, 0.3) is 0 Å². The molecule has 8 heavy (non-hydrogen) atoms. The van der Waals surface area contributed by atoms with Gasteiger partial charge in [-0.15, -0.1) is 0 Å². The Morgan fingerprint density at radius 2 is 2.25 bits per heavy atom. The molecule has 2 heteroatoms. The molecule has 1 aliphatic carbocycles. The number of fused-ring (bicyclic) bond motifs is 2. The first-order valence-electron chi connectivity index (χ1n) is 3.24. The number of hydrogen-bond acceptors (Lipinski definition) is 1. The molecule has 1 aliphatic heterocycles. The topological polar surface area (TPSA) is 12.0 Å². The summed E-state index contributed by atoms with van der Waals surface area (Å²) in [5.41, 5.74) is 0. The molecule has 0 aromatic rings.